The van der Waals surface area contributed by atoms with Crippen molar-refractivity contribution in [2.75, 3.05) is 26.7 Å². The summed E-state index contributed by atoms with van der Waals surface area (Å²) in [5, 5.41) is 15.8. The number of nitrogens with one attached hydrogen (secondary N) is 3. The number of rotatable bonds is 5. The van der Waals surface area contributed by atoms with Crippen molar-refractivity contribution in [1.82, 2.24) is 20.9 Å². The van der Waals surface area contributed by atoms with E-state index < -0.39 is 24.5 Å². The van der Waals surface area contributed by atoms with Crippen LogP contribution in [-0.2, 0) is 9.59 Å². The molecular formula is C12H22N4O4. The third kappa shape index (κ3) is 5.87. The number of amides is 3. The Morgan fingerprint density at radius 3 is 2.55 bits per heavy atom. The standard InChI is InChI=1S/C12H22N4O4/c1-8-5-9(3-4-16(8)2)15-12(20)14-6-10(17)13-7-11(18)19/h8-9H,3-7H2,1-2H3,(H,13,17)(H,18,19)(H2,14,15,20). The van der Waals surface area contributed by atoms with Gasteiger partial charge in [-0.05, 0) is 26.8 Å². The number of carbonyl (C=O) groups is 3. The monoisotopic (exact) mass is 286 g/mol. The van der Waals surface area contributed by atoms with Crippen molar-refractivity contribution in [2.45, 2.75) is 31.8 Å². The molecule has 0 radical (unpaired) electrons. The molecule has 0 bridgehead atoms. The van der Waals surface area contributed by atoms with Gasteiger partial charge in [0.05, 0.1) is 6.54 Å². The number of hydrogen-bond donors (Lipinski definition) is 4. The van der Waals surface area contributed by atoms with Crippen LogP contribution in [0.15, 0.2) is 0 Å². The molecular weight excluding hydrogens is 264 g/mol. The van der Waals surface area contributed by atoms with Gasteiger partial charge in [-0.1, -0.05) is 0 Å². The van der Waals surface area contributed by atoms with Gasteiger partial charge in [0.2, 0.25) is 5.91 Å². The lowest BCUT2D eigenvalue weighted by Gasteiger charge is -2.35. The van der Waals surface area contributed by atoms with Crippen molar-refractivity contribution < 1.29 is 19.5 Å². The van der Waals surface area contributed by atoms with E-state index in [1.807, 2.05) is 7.05 Å². The van der Waals surface area contributed by atoms with E-state index in [0.29, 0.717) is 6.04 Å². The zero-order valence-corrected chi connectivity index (χ0v) is 11.8. The van der Waals surface area contributed by atoms with Crippen molar-refractivity contribution in [3.63, 3.8) is 0 Å². The van der Waals surface area contributed by atoms with Crippen LogP contribution in [0.1, 0.15) is 19.8 Å². The normalized spacial score (nSPS) is 22.9. The highest BCUT2D eigenvalue weighted by atomic mass is 16.4. The highest BCUT2D eigenvalue weighted by Crippen LogP contribution is 2.14. The van der Waals surface area contributed by atoms with Crippen LogP contribution < -0.4 is 16.0 Å². The molecule has 0 aromatic carbocycles. The third-order valence-corrected chi connectivity index (χ3v) is 3.39. The van der Waals surface area contributed by atoms with Crippen LogP contribution >= 0.6 is 0 Å². The smallest absolute Gasteiger partial charge is 0.322 e. The van der Waals surface area contributed by atoms with Crippen LogP contribution in [-0.4, -0.2) is 66.7 Å². The van der Waals surface area contributed by atoms with Crippen molar-refractivity contribution in [3.05, 3.63) is 0 Å². The molecule has 2 atom stereocenters. The van der Waals surface area contributed by atoms with E-state index in [9.17, 15) is 14.4 Å². The summed E-state index contributed by atoms with van der Waals surface area (Å²) >= 11 is 0. The largest absolute Gasteiger partial charge is 0.480 e. The van der Waals surface area contributed by atoms with Gasteiger partial charge in [-0.25, -0.2) is 4.79 Å². The third-order valence-electron chi connectivity index (χ3n) is 3.39. The zero-order chi connectivity index (χ0) is 15.1. The number of aliphatic carboxylic acids is 1. The average Bonchev–Trinajstić information content (AvgIpc) is 2.38. The molecule has 4 N–H and O–H groups in total. The molecule has 1 aliphatic rings. The van der Waals surface area contributed by atoms with Crippen molar-refractivity contribution in [2.24, 2.45) is 0 Å². The van der Waals surface area contributed by atoms with Gasteiger partial charge >= 0.3 is 12.0 Å². The number of carboxylic acid groups (broad SMARTS) is 1. The lowest BCUT2D eigenvalue weighted by Crippen LogP contribution is -2.51. The minimum atomic E-state index is -1.12. The van der Waals surface area contributed by atoms with Crippen molar-refractivity contribution in [1.29, 1.82) is 0 Å². The first-order chi connectivity index (χ1) is 9.38. The van der Waals surface area contributed by atoms with E-state index in [2.05, 4.69) is 27.8 Å². The van der Waals surface area contributed by atoms with E-state index >= 15 is 0 Å². The molecule has 2 unspecified atom stereocenters. The summed E-state index contributed by atoms with van der Waals surface area (Å²) in [6.07, 6.45) is 1.74. The van der Waals surface area contributed by atoms with Gasteiger partial charge < -0.3 is 26.0 Å². The van der Waals surface area contributed by atoms with Crippen LogP contribution in [0.2, 0.25) is 0 Å². The summed E-state index contributed by atoms with van der Waals surface area (Å²) in [5.41, 5.74) is 0. The molecule has 1 saturated heterocycles. The number of carboxylic acids is 1. The quantitative estimate of drug-likeness (QED) is 0.516. The average molecular weight is 286 g/mol. The van der Waals surface area contributed by atoms with Gasteiger partial charge in [0.25, 0.3) is 0 Å². The van der Waals surface area contributed by atoms with E-state index in [0.717, 1.165) is 19.4 Å². The van der Waals surface area contributed by atoms with E-state index in [1.54, 1.807) is 0 Å². The SMILES string of the molecule is CC1CC(NC(=O)NCC(=O)NCC(=O)O)CCN1C. The molecule has 1 aliphatic heterocycles. The molecule has 114 valence electrons. The maximum atomic E-state index is 11.6. The summed E-state index contributed by atoms with van der Waals surface area (Å²) in [4.78, 5) is 35.3. The lowest BCUT2D eigenvalue weighted by atomic mass is 9.99. The van der Waals surface area contributed by atoms with Gasteiger partial charge in [0.15, 0.2) is 0 Å². The summed E-state index contributed by atoms with van der Waals surface area (Å²) in [6.45, 7) is 2.34. The molecule has 1 fully saturated rings. The second-order valence-corrected chi connectivity index (χ2v) is 5.05. The van der Waals surface area contributed by atoms with Crippen LogP contribution in [0.5, 0.6) is 0 Å². The highest BCUT2D eigenvalue weighted by molar-refractivity contribution is 5.86. The Morgan fingerprint density at radius 2 is 1.95 bits per heavy atom. The second-order valence-electron chi connectivity index (χ2n) is 5.05. The fraction of sp³-hybridized carbons (Fsp3) is 0.750. The molecule has 8 heteroatoms. The predicted octanol–water partition coefficient (Wildman–Crippen LogP) is -1.03. The van der Waals surface area contributed by atoms with Crippen LogP contribution in [0.4, 0.5) is 4.79 Å². The van der Waals surface area contributed by atoms with Gasteiger partial charge in [0, 0.05) is 18.6 Å². The Kier molecular flexibility index (Phi) is 6.23. The second kappa shape index (κ2) is 7.68. The molecule has 0 aliphatic carbocycles. The molecule has 0 aromatic heterocycles. The van der Waals surface area contributed by atoms with E-state index in [1.165, 1.54) is 0 Å². The Hall–Kier alpha value is -1.83. The van der Waals surface area contributed by atoms with E-state index in [4.69, 9.17) is 5.11 Å². The van der Waals surface area contributed by atoms with Crippen molar-refractivity contribution >= 4 is 17.9 Å². The molecule has 20 heavy (non-hydrogen) atoms. The molecule has 1 heterocycles. The predicted molar refractivity (Wildman–Crippen MR) is 72.3 cm³/mol. The maximum absolute atomic E-state index is 11.6. The first kappa shape index (κ1) is 16.2. The molecule has 0 saturated carbocycles. The summed E-state index contributed by atoms with van der Waals surface area (Å²) in [6, 6.07) is 0.105. The first-order valence-electron chi connectivity index (χ1n) is 6.61. The number of likely N-dealkylation sites (tertiary alicyclic amines) is 1. The fourth-order valence-corrected chi connectivity index (χ4v) is 2.05. The zero-order valence-electron chi connectivity index (χ0n) is 11.8. The molecule has 0 spiro atoms. The van der Waals surface area contributed by atoms with Crippen LogP contribution in [0.3, 0.4) is 0 Å². The van der Waals surface area contributed by atoms with Gasteiger partial charge in [-0.2, -0.15) is 0 Å². The molecule has 8 nitrogen and oxygen atoms in total. The fourth-order valence-electron chi connectivity index (χ4n) is 2.05. The van der Waals surface area contributed by atoms with Crippen LogP contribution in [0, 0.1) is 0 Å². The summed E-state index contributed by atoms with van der Waals surface area (Å²) in [5.74, 6) is -1.65. The number of urea groups is 1. The molecule has 1 rings (SSSR count). The highest BCUT2D eigenvalue weighted by Gasteiger charge is 2.23. The number of piperidine rings is 1. The van der Waals surface area contributed by atoms with Gasteiger partial charge in [-0.15, -0.1) is 0 Å². The topological polar surface area (TPSA) is 111 Å². The Labute approximate surface area is 117 Å². The molecule has 3 amide bonds. The Morgan fingerprint density at radius 1 is 1.25 bits per heavy atom. The number of nitrogens with zero attached hydrogens (tertiary/aromatic N) is 1. The first-order valence-corrected chi connectivity index (χ1v) is 6.61. The number of carbonyl (C=O) groups excluding carboxylic acids is 2. The van der Waals surface area contributed by atoms with Gasteiger partial charge in [-0.3, -0.25) is 9.59 Å². The van der Waals surface area contributed by atoms with E-state index in [-0.39, 0.29) is 12.6 Å². The summed E-state index contributed by atoms with van der Waals surface area (Å²) < 4.78 is 0. The Balaban J connectivity index is 2.20. The number of hydrogen-bond acceptors (Lipinski definition) is 4. The van der Waals surface area contributed by atoms with Gasteiger partial charge in [0.1, 0.15) is 6.54 Å². The van der Waals surface area contributed by atoms with Crippen molar-refractivity contribution in [3.8, 4) is 0 Å². The van der Waals surface area contributed by atoms with Crippen LogP contribution in [0.25, 0.3) is 0 Å². The minimum Gasteiger partial charge on any atom is -0.480 e. The Bertz CT molecular complexity index is 374. The lowest BCUT2D eigenvalue weighted by molar-refractivity contribution is -0.137. The molecule has 0 aromatic rings. The summed E-state index contributed by atoms with van der Waals surface area (Å²) in [7, 11) is 2.05. The minimum absolute atomic E-state index is 0.100. The maximum Gasteiger partial charge on any atom is 0.322 e.